The van der Waals surface area contributed by atoms with Crippen molar-refractivity contribution >= 4 is 39.8 Å². The summed E-state index contributed by atoms with van der Waals surface area (Å²) in [5.41, 5.74) is 6.60. The van der Waals surface area contributed by atoms with Gasteiger partial charge in [-0.2, -0.15) is 13.2 Å². The van der Waals surface area contributed by atoms with E-state index < -0.39 is 42.0 Å². The highest BCUT2D eigenvalue weighted by Crippen LogP contribution is 2.31. The number of alkyl halides is 3. The zero-order valence-corrected chi connectivity index (χ0v) is 25.4. The lowest BCUT2D eigenvalue weighted by Crippen LogP contribution is -2.45. The number of amides is 2. The van der Waals surface area contributed by atoms with Gasteiger partial charge in [0.2, 0.25) is 5.91 Å². The van der Waals surface area contributed by atoms with Crippen molar-refractivity contribution < 1.29 is 37.1 Å². The summed E-state index contributed by atoms with van der Waals surface area (Å²) in [6.45, 7) is 4.67. The Bertz CT molecular complexity index is 2050. The van der Waals surface area contributed by atoms with Crippen LogP contribution in [0.2, 0.25) is 0 Å². The lowest BCUT2D eigenvalue weighted by atomic mass is 10.1. The Balaban J connectivity index is 1.50. The van der Waals surface area contributed by atoms with Gasteiger partial charge in [-0.1, -0.05) is 44.2 Å². The largest absolute Gasteiger partial charge is 0.481 e. The molecular weight excluding hydrogens is 617 g/mol. The fourth-order valence-electron chi connectivity index (χ4n) is 5.20. The van der Waals surface area contributed by atoms with E-state index in [0.717, 1.165) is 18.6 Å². The molecule has 13 heteroatoms. The lowest BCUT2D eigenvalue weighted by Gasteiger charge is -2.13. The second-order valence-electron chi connectivity index (χ2n) is 11.7. The van der Waals surface area contributed by atoms with E-state index in [9.17, 15) is 32.3 Å². The number of benzene rings is 3. The Kier molecular flexibility index (Phi) is 9.18. The summed E-state index contributed by atoms with van der Waals surface area (Å²) in [6, 6.07) is 14.3. The number of halogens is 3. The van der Waals surface area contributed by atoms with Crippen molar-refractivity contribution in [1.82, 2.24) is 14.9 Å². The van der Waals surface area contributed by atoms with E-state index in [-0.39, 0.29) is 34.1 Å². The first kappa shape index (κ1) is 32.9. The van der Waals surface area contributed by atoms with E-state index >= 15 is 0 Å². The molecule has 47 heavy (non-hydrogen) atoms. The second kappa shape index (κ2) is 13.1. The SMILES string of the molecule is CC(C)CCn1c(Cc2cccc(C(F)(F)F)c2)nc2cc3c(=O)cc(-c4ccc(C(=O)N[C@@H](CC(=O)O)C(N)=O)cc4)oc3cc21. The number of primary amides is 1. The lowest BCUT2D eigenvalue weighted by molar-refractivity contribution is -0.139. The van der Waals surface area contributed by atoms with Crippen molar-refractivity contribution in [3.05, 3.63) is 99.5 Å². The first-order valence-electron chi connectivity index (χ1n) is 14.7. The molecule has 0 aliphatic carbocycles. The number of nitrogens with two attached hydrogens (primary N) is 1. The number of nitrogens with zero attached hydrogens (tertiary/aromatic N) is 2. The van der Waals surface area contributed by atoms with E-state index in [0.29, 0.717) is 40.4 Å². The Morgan fingerprint density at radius 3 is 2.40 bits per heavy atom. The smallest absolute Gasteiger partial charge is 0.416 e. The van der Waals surface area contributed by atoms with Crippen molar-refractivity contribution in [2.45, 2.75) is 51.9 Å². The van der Waals surface area contributed by atoms with Crippen molar-refractivity contribution in [2.24, 2.45) is 11.7 Å². The quantitative estimate of drug-likeness (QED) is 0.170. The molecule has 3 aromatic carbocycles. The van der Waals surface area contributed by atoms with Crippen molar-refractivity contribution in [2.75, 3.05) is 0 Å². The molecule has 2 amide bonds. The number of carbonyl (C=O) groups is 3. The normalized spacial score (nSPS) is 12.5. The van der Waals surface area contributed by atoms with Crippen LogP contribution in [0.4, 0.5) is 13.2 Å². The Morgan fingerprint density at radius 1 is 1.04 bits per heavy atom. The first-order chi connectivity index (χ1) is 22.2. The number of carboxylic acid groups (broad SMARTS) is 1. The van der Waals surface area contributed by atoms with Gasteiger partial charge >= 0.3 is 12.1 Å². The average molecular weight is 649 g/mol. The molecule has 5 aromatic rings. The van der Waals surface area contributed by atoms with Crippen LogP contribution in [0.3, 0.4) is 0 Å². The number of aromatic nitrogens is 2. The summed E-state index contributed by atoms with van der Waals surface area (Å²) >= 11 is 0. The molecule has 0 saturated heterocycles. The van der Waals surface area contributed by atoms with Gasteiger partial charge in [0.15, 0.2) is 5.43 Å². The predicted molar refractivity (Wildman–Crippen MR) is 168 cm³/mol. The first-order valence-corrected chi connectivity index (χ1v) is 14.7. The van der Waals surface area contributed by atoms with Crippen LogP contribution in [0.1, 0.15) is 54.0 Å². The maximum Gasteiger partial charge on any atom is 0.416 e. The molecule has 0 unspecified atom stereocenters. The van der Waals surface area contributed by atoms with E-state index in [1.165, 1.54) is 36.4 Å². The molecular formula is C34H31F3N4O6. The van der Waals surface area contributed by atoms with Crippen molar-refractivity contribution in [3.63, 3.8) is 0 Å². The topological polar surface area (TPSA) is 158 Å². The Hall–Kier alpha value is -5.46. The molecule has 1 atom stereocenters. The number of rotatable bonds is 11. The van der Waals surface area contributed by atoms with Gasteiger partial charge in [0, 0.05) is 36.2 Å². The molecule has 0 radical (unpaired) electrons. The van der Waals surface area contributed by atoms with Crippen molar-refractivity contribution in [3.8, 4) is 11.3 Å². The molecule has 0 aliphatic rings. The Morgan fingerprint density at radius 2 is 1.77 bits per heavy atom. The number of aliphatic carboxylic acids is 1. The fourth-order valence-corrected chi connectivity index (χ4v) is 5.20. The van der Waals surface area contributed by atoms with Crippen LogP contribution in [0.15, 0.2) is 75.9 Å². The maximum absolute atomic E-state index is 13.4. The zero-order valence-electron chi connectivity index (χ0n) is 25.4. The number of aryl methyl sites for hydroxylation is 1. The van der Waals surface area contributed by atoms with Crippen LogP contribution in [0.5, 0.6) is 0 Å². The molecule has 0 bridgehead atoms. The third-order valence-corrected chi connectivity index (χ3v) is 7.68. The van der Waals surface area contributed by atoms with Crippen LogP contribution in [-0.4, -0.2) is 38.5 Å². The molecule has 0 spiro atoms. The van der Waals surface area contributed by atoms with Crippen LogP contribution in [-0.2, 0) is 28.7 Å². The van der Waals surface area contributed by atoms with Gasteiger partial charge in [0.25, 0.3) is 5.91 Å². The van der Waals surface area contributed by atoms with Crippen LogP contribution < -0.4 is 16.5 Å². The summed E-state index contributed by atoms with van der Waals surface area (Å²) in [7, 11) is 0. The van der Waals surface area contributed by atoms with Gasteiger partial charge in [-0.05, 0) is 42.2 Å². The number of hydrogen-bond acceptors (Lipinski definition) is 6. The molecule has 2 aromatic heterocycles. The van der Waals surface area contributed by atoms with Gasteiger partial charge in [0.05, 0.1) is 28.4 Å². The number of hydrogen-bond donors (Lipinski definition) is 3. The van der Waals surface area contributed by atoms with E-state index in [1.54, 1.807) is 18.2 Å². The Labute approximate surface area is 266 Å². The third kappa shape index (κ3) is 7.51. The molecule has 5 rings (SSSR count). The van der Waals surface area contributed by atoms with Crippen LogP contribution >= 0.6 is 0 Å². The van der Waals surface area contributed by atoms with Gasteiger partial charge in [-0.15, -0.1) is 0 Å². The monoisotopic (exact) mass is 648 g/mol. The standard InChI is InChI=1S/C34H31F3N4O6/c1-18(2)10-11-41-26-16-29-23(14-24(26)39-30(41)13-19-4-3-5-22(12-19)34(35,36)37)27(42)17-28(47-29)20-6-8-21(9-7-20)33(46)40-25(32(38)45)15-31(43)44/h3-9,12,14,16-18,25H,10-11,13,15H2,1-2H3,(H2,38,45)(H,40,46)(H,43,44)/t25-/m0/s1. The zero-order chi connectivity index (χ0) is 34.0. The number of imidazole rings is 1. The van der Waals surface area contributed by atoms with E-state index in [2.05, 4.69) is 19.2 Å². The number of nitrogens with one attached hydrogen (secondary N) is 1. The van der Waals surface area contributed by atoms with E-state index in [1.807, 2.05) is 4.57 Å². The minimum absolute atomic E-state index is 0.123. The molecule has 0 aliphatic heterocycles. The summed E-state index contributed by atoms with van der Waals surface area (Å²) in [6.07, 6.45) is -4.22. The second-order valence-corrected chi connectivity index (χ2v) is 11.7. The molecule has 10 nitrogen and oxygen atoms in total. The predicted octanol–water partition coefficient (Wildman–Crippen LogP) is 5.52. The minimum Gasteiger partial charge on any atom is -0.481 e. The fraction of sp³-hybridized carbons (Fsp3) is 0.265. The highest BCUT2D eigenvalue weighted by Gasteiger charge is 2.30. The molecule has 4 N–H and O–H groups in total. The number of carboxylic acids is 1. The summed E-state index contributed by atoms with van der Waals surface area (Å²) < 4.78 is 48.2. The maximum atomic E-state index is 13.4. The average Bonchev–Trinajstić information content (AvgIpc) is 3.33. The minimum atomic E-state index is -4.47. The van der Waals surface area contributed by atoms with Crippen LogP contribution in [0.25, 0.3) is 33.3 Å². The number of fused-ring (bicyclic) bond motifs is 2. The highest BCUT2D eigenvalue weighted by atomic mass is 19.4. The van der Waals surface area contributed by atoms with Crippen molar-refractivity contribution in [1.29, 1.82) is 0 Å². The van der Waals surface area contributed by atoms with E-state index in [4.69, 9.17) is 20.2 Å². The molecule has 0 saturated carbocycles. The van der Waals surface area contributed by atoms with Gasteiger partial charge in [-0.3, -0.25) is 19.2 Å². The summed E-state index contributed by atoms with van der Waals surface area (Å²) in [5, 5.41) is 11.5. The van der Waals surface area contributed by atoms with Gasteiger partial charge in [-0.25, -0.2) is 4.98 Å². The highest BCUT2D eigenvalue weighted by molar-refractivity contribution is 5.98. The van der Waals surface area contributed by atoms with Gasteiger partial charge < -0.3 is 25.1 Å². The third-order valence-electron chi connectivity index (χ3n) is 7.68. The van der Waals surface area contributed by atoms with Crippen LogP contribution in [0, 0.1) is 5.92 Å². The molecule has 244 valence electrons. The summed E-state index contributed by atoms with van der Waals surface area (Å²) in [5.74, 6) is -1.89. The van der Waals surface area contributed by atoms with Gasteiger partial charge in [0.1, 0.15) is 23.2 Å². The number of carbonyl (C=O) groups excluding carboxylic acids is 2. The molecule has 0 fully saturated rings. The summed E-state index contributed by atoms with van der Waals surface area (Å²) in [4.78, 5) is 53.1. The molecule has 2 heterocycles.